The fourth-order valence-electron chi connectivity index (χ4n) is 2.01. The quantitative estimate of drug-likeness (QED) is 0.586. The van der Waals surface area contributed by atoms with E-state index in [-0.39, 0.29) is 18.1 Å². The van der Waals surface area contributed by atoms with Gasteiger partial charge in [-0.1, -0.05) is 12.8 Å². The third-order valence-corrected chi connectivity index (χ3v) is 2.99. The molecule has 0 atom stereocenters. The zero-order valence-electron chi connectivity index (χ0n) is 8.81. The van der Waals surface area contributed by atoms with Crippen molar-refractivity contribution in [2.45, 2.75) is 37.6 Å². The second-order valence-electron chi connectivity index (χ2n) is 4.00. The van der Waals surface area contributed by atoms with Gasteiger partial charge in [0.2, 0.25) is 5.91 Å². The van der Waals surface area contributed by atoms with Gasteiger partial charge in [0, 0.05) is 25.6 Å². The first-order valence-electron chi connectivity index (χ1n) is 5.29. The van der Waals surface area contributed by atoms with Gasteiger partial charge in [0.1, 0.15) is 0 Å². The number of rotatable bonds is 5. The Balaban J connectivity index is 2.24. The van der Waals surface area contributed by atoms with Gasteiger partial charge < -0.3 is 15.7 Å². The molecule has 1 amide bonds. The van der Waals surface area contributed by atoms with Gasteiger partial charge in [0.05, 0.1) is 6.61 Å². The number of hydrogen-bond acceptors (Lipinski definition) is 3. The van der Waals surface area contributed by atoms with Crippen LogP contribution in [0.5, 0.6) is 0 Å². The molecule has 4 nitrogen and oxygen atoms in total. The van der Waals surface area contributed by atoms with Gasteiger partial charge in [0.15, 0.2) is 0 Å². The van der Waals surface area contributed by atoms with Crippen LogP contribution in [0.15, 0.2) is 0 Å². The number of hydrogen-bond donors (Lipinski definition) is 3. The minimum Gasteiger partial charge on any atom is -0.394 e. The Morgan fingerprint density at radius 2 is 2.07 bits per heavy atom. The molecule has 0 spiro atoms. The summed E-state index contributed by atoms with van der Waals surface area (Å²) < 4.78 is 0. The van der Waals surface area contributed by atoms with E-state index in [0.717, 1.165) is 12.8 Å². The SMILES string of the molecule is CNC(=O)CCNC1(CO)CCCC1. The highest BCUT2D eigenvalue weighted by atomic mass is 16.3. The number of amides is 1. The number of carbonyl (C=O) groups excluding carboxylic acids is 1. The summed E-state index contributed by atoms with van der Waals surface area (Å²) in [6.45, 7) is 0.834. The van der Waals surface area contributed by atoms with Crippen LogP contribution in [0.1, 0.15) is 32.1 Å². The molecular weight excluding hydrogens is 180 g/mol. The maximum atomic E-state index is 11.0. The lowest BCUT2D eigenvalue weighted by Gasteiger charge is -2.27. The van der Waals surface area contributed by atoms with E-state index in [2.05, 4.69) is 10.6 Å². The van der Waals surface area contributed by atoms with Gasteiger partial charge >= 0.3 is 0 Å². The normalized spacial score (nSPS) is 19.6. The van der Waals surface area contributed by atoms with Crippen molar-refractivity contribution < 1.29 is 9.90 Å². The van der Waals surface area contributed by atoms with Gasteiger partial charge in [-0.15, -0.1) is 0 Å². The first-order valence-corrected chi connectivity index (χ1v) is 5.29. The van der Waals surface area contributed by atoms with Crippen molar-refractivity contribution in [3.63, 3.8) is 0 Å². The standard InChI is InChI=1S/C10H20N2O2/c1-11-9(14)4-7-12-10(8-13)5-2-3-6-10/h12-13H,2-8H2,1H3,(H,11,14). The minimum atomic E-state index is -0.103. The number of aliphatic hydroxyl groups is 1. The molecule has 3 N–H and O–H groups in total. The summed E-state index contributed by atoms with van der Waals surface area (Å²) in [5, 5.41) is 15.2. The van der Waals surface area contributed by atoms with E-state index in [1.807, 2.05) is 0 Å². The Hall–Kier alpha value is -0.610. The topological polar surface area (TPSA) is 61.4 Å². The minimum absolute atomic E-state index is 0.0450. The van der Waals surface area contributed by atoms with E-state index in [1.54, 1.807) is 7.05 Å². The van der Waals surface area contributed by atoms with Crippen LogP contribution in [0.4, 0.5) is 0 Å². The van der Waals surface area contributed by atoms with Crippen molar-refractivity contribution in [1.82, 2.24) is 10.6 Å². The maximum absolute atomic E-state index is 11.0. The summed E-state index contributed by atoms with van der Waals surface area (Å²) in [7, 11) is 1.64. The highest BCUT2D eigenvalue weighted by Crippen LogP contribution is 2.28. The fourth-order valence-corrected chi connectivity index (χ4v) is 2.01. The van der Waals surface area contributed by atoms with Gasteiger partial charge in [-0.2, -0.15) is 0 Å². The summed E-state index contributed by atoms with van der Waals surface area (Å²) in [5.74, 6) is 0.0450. The smallest absolute Gasteiger partial charge is 0.221 e. The van der Waals surface area contributed by atoms with Crippen molar-refractivity contribution in [3.8, 4) is 0 Å². The Morgan fingerprint density at radius 1 is 1.43 bits per heavy atom. The molecule has 1 rings (SSSR count). The highest BCUT2D eigenvalue weighted by molar-refractivity contribution is 5.75. The van der Waals surface area contributed by atoms with Gasteiger partial charge in [-0.25, -0.2) is 0 Å². The lowest BCUT2D eigenvalue weighted by Crippen LogP contribution is -2.47. The van der Waals surface area contributed by atoms with E-state index >= 15 is 0 Å². The van der Waals surface area contributed by atoms with Crippen LogP contribution in [-0.2, 0) is 4.79 Å². The van der Waals surface area contributed by atoms with Crippen LogP contribution < -0.4 is 10.6 Å². The number of aliphatic hydroxyl groups excluding tert-OH is 1. The Labute approximate surface area is 85.1 Å². The van der Waals surface area contributed by atoms with Gasteiger partial charge in [0.25, 0.3) is 0 Å². The summed E-state index contributed by atoms with van der Waals surface area (Å²) in [5.41, 5.74) is -0.103. The molecule has 0 saturated heterocycles. The van der Waals surface area contributed by atoms with Crippen LogP contribution in [-0.4, -0.2) is 36.8 Å². The third-order valence-electron chi connectivity index (χ3n) is 2.99. The van der Waals surface area contributed by atoms with Crippen LogP contribution in [0.2, 0.25) is 0 Å². The van der Waals surface area contributed by atoms with Gasteiger partial charge in [-0.05, 0) is 12.8 Å². The van der Waals surface area contributed by atoms with Gasteiger partial charge in [-0.3, -0.25) is 4.79 Å². The molecule has 0 unspecified atom stereocenters. The highest BCUT2D eigenvalue weighted by Gasteiger charge is 2.32. The fraction of sp³-hybridized carbons (Fsp3) is 0.900. The molecule has 1 aliphatic rings. The van der Waals surface area contributed by atoms with E-state index in [1.165, 1.54) is 12.8 Å². The second kappa shape index (κ2) is 5.32. The summed E-state index contributed by atoms with van der Waals surface area (Å²) in [6, 6.07) is 0. The van der Waals surface area contributed by atoms with Crippen LogP contribution >= 0.6 is 0 Å². The van der Waals surface area contributed by atoms with Crippen molar-refractivity contribution in [1.29, 1.82) is 0 Å². The molecule has 14 heavy (non-hydrogen) atoms. The first-order chi connectivity index (χ1) is 6.72. The molecule has 0 aromatic rings. The molecule has 4 heteroatoms. The molecule has 0 radical (unpaired) electrons. The predicted molar refractivity (Wildman–Crippen MR) is 55.0 cm³/mol. The van der Waals surface area contributed by atoms with Crippen LogP contribution in [0, 0.1) is 0 Å². The van der Waals surface area contributed by atoms with Crippen molar-refractivity contribution >= 4 is 5.91 Å². The van der Waals surface area contributed by atoms with E-state index in [0.29, 0.717) is 13.0 Å². The number of carbonyl (C=O) groups is 1. The summed E-state index contributed by atoms with van der Waals surface area (Å²) >= 11 is 0. The van der Waals surface area contributed by atoms with Crippen molar-refractivity contribution in [3.05, 3.63) is 0 Å². The van der Waals surface area contributed by atoms with Crippen molar-refractivity contribution in [2.75, 3.05) is 20.2 Å². The molecule has 82 valence electrons. The molecular formula is C10H20N2O2. The predicted octanol–water partition coefficient (Wildman–Crippen LogP) is 0.0172. The Morgan fingerprint density at radius 3 is 2.57 bits per heavy atom. The third kappa shape index (κ3) is 2.96. The van der Waals surface area contributed by atoms with E-state index in [4.69, 9.17) is 0 Å². The van der Waals surface area contributed by atoms with E-state index < -0.39 is 0 Å². The van der Waals surface area contributed by atoms with Crippen LogP contribution in [0.3, 0.4) is 0 Å². The molecule has 0 heterocycles. The molecule has 0 aliphatic heterocycles. The monoisotopic (exact) mass is 200 g/mol. The molecule has 1 fully saturated rings. The summed E-state index contributed by atoms with van der Waals surface area (Å²) in [4.78, 5) is 11.0. The first kappa shape index (κ1) is 11.5. The second-order valence-corrected chi connectivity index (χ2v) is 4.00. The zero-order valence-corrected chi connectivity index (χ0v) is 8.81. The van der Waals surface area contributed by atoms with E-state index in [9.17, 15) is 9.90 Å². The summed E-state index contributed by atoms with van der Waals surface area (Å²) in [6.07, 6.45) is 4.88. The Bertz CT molecular complexity index is 189. The zero-order chi connectivity index (χ0) is 10.4. The average molecular weight is 200 g/mol. The Kier molecular flexibility index (Phi) is 4.35. The molecule has 1 saturated carbocycles. The average Bonchev–Trinajstić information content (AvgIpc) is 2.67. The molecule has 0 aromatic heterocycles. The molecule has 0 aromatic carbocycles. The molecule has 1 aliphatic carbocycles. The lowest BCUT2D eigenvalue weighted by molar-refractivity contribution is -0.120. The van der Waals surface area contributed by atoms with Crippen LogP contribution in [0.25, 0.3) is 0 Å². The maximum Gasteiger partial charge on any atom is 0.221 e. The lowest BCUT2D eigenvalue weighted by atomic mass is 9.99. The molecule has 0 bridgehead atoms. The number of nitrogens with one attached hydrogen (secondary N) is 2. The van der Waals surface area contributed by atoms with Crippen molar-refractivity contribution in [2.24, 2.45) is 0 Å². The largest absolute Gasteiger partial charge is 0.394 e.